The molecule has 13 heavy (non-hydrogen) atoms. The number of hydrogen-bond donors (Lipinski definition) is 2. The largest absolute Gasteiger partial charge is 0.353 e. The lowest BCUT2D eigenvalue weighted by Crippen LogP contribution is -2.26. The van der Waals surface area contributed by atoms with Crippen LogP contribution >= 0.6 is 0 Å². The molecule has 0 heterocycles. The molecule has 76 valence electrons. The van der Waals surface area contributed by atoms with E-state index in [9.17, 15) is 4.79 Å². The number of rotatable bonds is 7. The molecule has 0 radical (unpaired) electrons. The van der Waals surface area contributed by atoms with Crippen LogP contribution in [-0.2, 0) is 4.79 Å². The molecule has 0 aliphatic heterocycles. The molecule has 0 atom stereocenters. The third kappa shape index (κ3) is 6.34. The molecule has 3 heteroatoms. The maximum atomic E-state index is 11.2. The molecule has 2 N–H and O–H groups in total. The fraction of sp³-hybridized carbons (Fsp3) is 0.700. The summed E-state index contributed by atoms with van der Waals surface area (Å²) in [4.78, 5) is 11.2. The van der Waals surface area contributed by atoms with Gasteiger partial charge in [-0.25, -0.2) is 0 Å². The maximum Gasteiger partial charge on any atom is 0.246 e. The Morgan fingerprint density at radius 3 is 2.54 bits per heavy atom. The third-order valence-electron chi connectivity index (χ3n) is 1.69. The topological polar surface area (TPSA) is 41.1 Å². The Hall–Kier alpha value is -0.830. The van der Waals surface area contributed by atoms with Gasteiger partial charge in [0, 0.05) is 12.1 Å². The Balaban J connectivity index is 3.44. The van der Waals surface area contributed by atoms with E-state index in [0.29, 0.717) is 12.1 Å². The molecule has 0 aromatic carbocycles. The molecule has 0 aliphatic rings. The van der Waals surface area contributed by atoms with Crippen molar-refractivity contribution in [3.63, 3.8) is 0 Å². The average molecular weight is 184 g/mol. The van der Waals surface area contributed by atoms with Gasteiger partial charge in [-0.05, 0) is 32.9 Å². The van der Waals surface area contributed by atoms with Crippen molar-refractivity contribution in [2.45, 2.75) is 26.7 Å². The summed E-state index contributed by atoms with van der Waals surface area (Å²) in [6.45, 7) is 10.2. The maximum absolute atomic E-state index is 11.2. The van der Waals surface area contributed by atoms with Crippen molar-refractivity contribution in [2.75, 3.05) is 19.6 Å². The zero-order valence-electron chi connectivity index (χ0n) is 8.65. The molecule has 0 aliphatic carbocycles. The van der Waals surface area contributed by atoms with Crippen molar-refractivity contribution in [3.8, 4) is 0 Å². The number of amides is 1. The van der Waals surface area contributed by atoms with Gasteiger partial charge in [-0.3, -0.25) is 4.79 Å². The van der Waals surface area contributed by atoms with Crippen LogP contribution in [-0.4, -0.2) is 25.5 Å². The monoisotopic (exact) mass is 184 g/mol. The lowest BCUT2D eigenvalue weighted by Gasteiger charge is -2.06. The Morgan fingerprint density at radius 2 is 2.00 bits per heavy atom. The highest BCUT2D eigenvalue weighted by Crippen LogP contribution is 1.95. The van der Waals surface area contributed by atoms with Crippen molar-refractivity contribution in [1.82, 2.24) is 10.6 Å². The molecule has 0 rings (SSSR count). The van der Waals surface area contributed by atoms with Gasteiger partial charge in [-0.2, -0.15) is 0 Å². The molecule has 0 unspecified atom stereocenters. The predicted molar refractivity (Wildman–Crippen MR) is 55.6 cm³/mol. The number of nitrogens with one attached hydrogen (secondary N) is 2. The second kappa shape index (κ2) is 7.80. The molecule has 0 bridgehead atoms. The van der Waals surface area contributed by atoms with E-state index in [4.69, 9.17) is 0 Å². The molecular formula is C10H20N2O. The first-order valence-corrected chi connectivity index (χ1v) is 4.89. The van der Waals surface area contributed by atoms with Crippen LogP contribution < -0.4 is 10.6 Å². The summed E-state index contributed by atoms with van der Waals surface area (Å²) in [5.74, 6) is -0.0270. The SMILES string of the molecule is C=C(CCNCCC)C(=O)NCC. The van der Waals surface area contributed by atoms with E-state index in [-0.39, 0.29) is 5.91 Å². The van der Waals surface area contributed by atoms with Crippen molar-refractivity contribution >= 4 is 5.91 Å². The molecule has 0 aromatic rings. The summed E-state index contributed by atoms with van der Waals surface area (Å²) in [5.41, 5.74) is 0.658. The van der Waals surface area contributed by atoms with Gasteiger partial charge in [0.25, 0.3) is 0 Å². The summed E-state index contributed by atoms with van der Waals surface area (Å²) in [7, 11) is 0. The van der Waals surface area contributed by atoms with Crippen LogP contribution in [0.3, 0.4) is 0 Å². The van der Waals surface area contributed by atoms with E-state index in [0.717, 1.165) is 25.9 Å². The van der Waals surface area contributed by atoms with Crippen LogP contribution in [0.15, 0.2) is 12.2 Å². The van der Waals surface area contributed by atoms with E-state index in [1.165, 1.54) is 0 Å². The van der Waals surface area contributed by atoms with E-state index in [1.807, 2.05) is 6.92 Å². The van der Waals surface area contributed by atoms with Gasteiger partial charge >= 0.3 is 0 Å². The number of carbonyl (C=O) groups is 1. The van der Waals surface area contributed by atoms with Gasteiger partial charge < -0.3 is 10.6 Å². The van der Waals surface area contributed by atoms with E-state index in [1.54, 1.807) is 0 Å². The first-order chi connectivity index (χ1) is 6.22. The second-order valence-electron chi connectivity index (χ2n) is 2.96. The van der Waals surface area contributed by atoms with Crippen LogP contribution in [0.25, 0.3) is 0 Å². The standard InChI is InChI=1S/C10H20N2O/c1-4-7-11-8-6-9(3)10(13)12-5-2/h11H,3-8H2,1-2H3,(H,12,13). The molecule has 0 aromatic heterocycles. The summed E-state index contributed by atoms with van der Waals surface area (Å²) >= 11 is 0. The summed E-state index contributed by atoms with van der Waals surface area (Å²) < 4.78 is 0. The van der Waals surface area contributed by atoms with Crippen LogP contribution in [0.1, 0.15) is 26.7 Å². The summed E-state index contributed by atoms with van der Waals surface area (Å²) in [6.07, 6.45) is 1.85. The number of likely N-dealkylation sites (N-methyl/N-ethyl adjacent to an activating group) is 1. The summed E-state index contributed by atoms with van der Waals surface area (Å²) in [5, 5.41) is 5.94. The minimum absolute atomic E-state index is 0.0270. The minimum Gasteiger partial charge on any atom is -0.353 e. The molecule has 3 nitrogen and oxygen atoms in total. The molecule has 0 fully saturated rings. The van der Waals surface area contributed by atoms with Crippen LogP contribution in [0, 0.1) is 0 Å². The van der Waals surface area contributed by atoms with Crippen LogP contribution in [0.2, 0.25) is 0 Å². The van der Waals surface area contributed by atoms with Crippen molar-refractivity contribution in [2.24, 2.45) is 0 Å². The van der Waals surface area contributed by atoms with Crippen molar-refractivity contribution in [1.29, 1.82) is 0 Å². The van der Waals surface area contributed by atoms with E-state index < -0.39 is 0 Å². The number of carbonyl (C=O) groups excluding carboxylic acids is 1. The smallest absolute Gasteiger partial charge is 0.246 e. The highest BCUT2D eigenvalue weighted by Gasteiger charge is 2.03. The van der Waals surface area contributed by atoms with Gasteiger partial charge in [0.05, 0.1) is 0 Å². The fourth-order valence-corrected chi connectivity index (χ4v) is 0.940. The van der Waals surface area contributed by atoms with Gasteiger partial charge in [-0.1, -0.05) is 13.5 Å². The first kappa shape index (κ1) is 12.2. The Bertz CT molecular complexity index is 166. The quantitative estimate of drug-likeness (QED) is 0.459. The van der Waals surface area contributed by atoms with Gasteiger partial charge in [0.2, 0.25) is 5.91 Å². The fourth-order valence-electron chi connectivity index (χ4n) is 0.940. The minimum atomic E-state index is -0.0270. The predicted octanol–water partition coefficient (Wildman–Crippen LogP) is 1.07. The highest BCUT2D eigenvalue weighted by atomic mass is 16.1. The van der Waals surface area contributed by atoms with E-state index >= 15 is 0 Å². The van der Waals surface area contributed by atoms with Crippen molar-refractivity contribution in [3.05, 3.63) is 12.2 Å². The Labute approximate surface area is 80.6 Å². The summed E-state index contributed by atoms with van der Waals surface area (Å²) in [6, 6.07) is 0. The zero-order valence-corrected chi connectivity index (χ0v) is 8.65. The lowest BCUT2D eigenvalue weighted by atomic mass is 10.2. The Kier molecular flexibility index (Phi) is 7.30. The van der Waals surface area contributed by atoms with Gasteiger partial charge in [-0.15, -0.1) is 0 Å². The van der Waals surface area contributed by atoms with Crippen LogP contribution in [0.5, 0.6) is 0 Å². The molecule has 0 spiro atoms. The van der Waals surface area contributed by atoms with Crippen molar-refractivity contribution < 1.29 is 4.79 Å². The normalized spacial score (nSPS) is 9.69. The van der Waals surface area contributed by atoms with Crippen LogP contribution in [0.4, 0.5) is 0 Å². The third-order valence-corrected chi connectivity index (χ3v) is 1.69. The molecule has 1 amide bonds. The van der Waals surface area contributed by atoms with E-state index in [2.05, 4.69) is 24.1 Å². The molecule has 0 saturated carbocycles. The molecular weight excluding hydrogens is 164 g/mol. The molecule has 0 saturated heterocycles. The van der Waals surface area contributed by atoms with Gasteiger partial charge in [0.1, 0.15) is 0 Å². The van der Waals surface area contributed by atoms with Gasteiger partial charge in [0.15, 0.2) is 0 Å². The zero-order chi connectivity index (χ0) is 10.1. The Morgan fingerprint density at radius 1 is 1.31 bits per heavy atom. The second-order valence-corrected chi connectivity index (χ2v) is 2.96. The average Bonchev–Trinajstić information content (AvgIpc) is 2.12. The lowest BCUT2D eigenvalue weighted by molar-refractivity contribution is -0.117. The highest BCUT2D eigenvalue weighted by molar-refractivity contribution is 5.92. The first-order valence-electron chi connectivity index (χ1n) is 4.89. The number of hydrogen-bond acceptors (Lipinski definition) is 2.